The summed E-state index contributed by atoms with van der Waals surface area (Å²) in [6, 6.07) is 9.84. The lowest BCUT2D eigenvalue weighted by Gasteiger charge is -2.16. The van der Waals surface area contributed by atoms with Crippen LogP contribution < -0.4 is 10.1 Å². The first-order chi connectivity index (χ1) is 12.2. The average molecular weight is 386 g/mol. The quantitative estimate of drug-likeness (QED) is 0.618. The molecule has 0 fully saturated rings. The first-order valence-corrected chi connectivity index (χ1v) is 7.97. The second kappa shape index (κ2) is 8.23. The third kappa shape index (κ3) is 5.23. The highest BCUT2D eigenvalue weighted by molar-refractivity contribution is 6.30. The molecule has 0 bridgehead atoms. The van der Waals surface area contributed by atoms with Crippen molar-refractivity contribution in [3.8, 4) is 5.75 Å². The Morgan fingerprint density at radius 1 is 1.12 bits per heavy atom. The molecule has 1 N–H and O–H groups in total. The molecule has 138 valence electrons. The lowest BCUT2D eigenvalue weighted by Crippen LogP contribution is -2.29. The molecular weight excluding hydrogens is 371 g/mol. The monoisotopic (exact) mass is 385 g/mol. The number of nitrogens with one attached hydrogen (secondary N) is 1. The molecule has 8 heteroatoms. The molecular formula is C18H15ClF3NO3. The number of carbonyl (C=O) groups is 2. The summed E-state index contributed by atoms with van der Waals surface area (Å²) >= 11 is 5.78. The summed E-state index contributed by atoms with van der Waals surface area (Å²) < 4.78 is 44.4. The van der Waals surface area contributed by atoms with Gasteiger partial charge in [-0.05, 0) is 36.2 Å². The van der Waals surface area contributed by atoms with Crippen LogP contribution in [0.15, 0.2) is 42.5 Å². The molecule has 2 rings (SSSR count). The fraction of sp³-hybridized carbons (Fsp3) is 0.222. The first-order valence-electron chi connectivity index (χ1n) is 7.59. The van der Waals surface area contributed by atoms with E-state index < -0.39 is 34.9 Å². The van der Waals surface area contributed by atoms with Gasteiger partial charge in [0.05, 0.1) is 11.1 Å². The number of esters is 1. The molecule has 26 heavy (non-hydrogen) atoms. The van der Waals surface area contributed by atoms with Gasteiger partial charge in [0.2, 0.25) is 0 Å². The first kappa shape index (κ1) is 19.8. The van der Waals surface area contributed by atoms with Crippen LogP contribution in [0.25, 0.3) is 0 Å². The lowest BCUT2D eigenvalue weighted by atomic mass is 10.0. The van der Waals surface area contributed by atoms with E-state index in [2.05, 4.69) is 5.32 Å². The number of carbonyl (C=O) groups excluding carboxylic acids is 2. The van der Waals surface area contributed by atoms with Gasteiger partial charge in [-0.2, -0.15) is 13.2 Å². The van der Waals surface area contributed by atoms with Crippen molar-refractivity contribution < 1.29 is 27.5 Å². The van der Waals surface area contributed by atoms with Gasteiger partial charge in [-0.15, -0.1) is 0 Å². The minimum Gasteiger partial charge on any atom is -0.426 e. The fourth-order valence-corrected chi connectivity index (χ4v) is 2.43. The Morgan fingerprint density at radius 2 is 1.77 bits per heavy atom. The molecule has 0 spiro atoms. The van der Waals surface area contributed by atoms with Crippen molar-refractivity contribution in [1.29, 1.82) is 0 Å². The smallest absolute Gasteiger partial charge is 0.417 e. The zero-order valence-electron chi connectivity index (χ0n) is 13.7. The summed E-state index contributed by atoms with van der Waals surface area (Å²) in [5, 5.41) is 2.98. The second-order valence-corrected chi connectivity index (χ2v) is 5.84. The summed E-state index contributed by atoms with van der Waals surface area (Å²) in [7, 11) is 0. The maximum atomic E-state index is 13.2. The van der Waals surface area contributed by atoms with E-state index in [0.717, 1.165) is 30.7 Å². The van der Waals surface area contributed by atoms with E-state index in [-0.39, 0.29) is 6.54 Å². The zero-order valence-corrected chi connectivity index (χ0v) is 14.4. The van der Waals surface area contributed by atoms with Crippen molar-refractivity contribution >= 4 is 23.5 Å². The zero-order chi connectivity index (χ0) is 19.3. The number of amides is 1. The third-order valence-corrected chi connectivity index (χ3v) is 3.68. The van der Waals surface area contributed by atoms with Crippen molar-refractivity contribution in [1.82, 2.24) is 5.32 Å². The average Bonchev–Trinajstić information content (AvgIpc) is 2.55. The van der Waals surface area contributed by atoms with Crippen LogP contribution in [0.4, 0.5) is 13.2 Å². The highest BCUT2D eigenvalue weighted by Gasteiger charge is 2.37. The van der Waals surface area contributed by atoms with Crippen molar-refractivity contribution in [2.75, 3.05) is 6.54 Å². The standard InChI is InChI=1S/C18H15ClF3NO3/c1-11(24)26-15-4-2-3-14(18(20,21)22)16(15)17(25)23-10-9-12-5-7-13(19)8-6-12/h2-8H,9-10H2,1H3,(H,23,25). The van der Waals surface area contributed by atoms with E-state index in [1.807, 2.05) is 0 Å². The Bertz CT molecular complexity index is 804. The molecule has 0 heterocycles. The van der Waals surface area contributed by atoms with Gasteiger partial charge in [0.15, 0.2) is 0 Å². The summed E-state index contributed by atoms with van der Waals surface area (Å²) in [5.74, 6) is -2.22. The van der Waals surface area contributed by atoms with Crippen LogP contribution in [0.5, 0.6) is 5.75 Å². The molecule has 2 aromatic rings. The van der Waals surface area contributed by atoms with Gasteiger partial charge >= 0.3 is 12.1 Å². The number of hydrogen-bond donors (Lipinski definition) is 1. The minimum atomic E-state index is -4.76. The summed E-state index contributed by atoms with van der Waals surface area (Å²) in [4.78, 5) is 23.5. The van der Waals surface area contributed by atoms with E-state index in [4.69, 9.17) is 16.3 Å². The molecule has 0 aliphatic carbocycles. The van der Waals surface area contributed by atoms with Crippen molar-refractivity contribution in [3.05, 3.63) is 64.2 Å². The SMILES string of the molecule is CC(=O)Oc1cccc(C(F)(F)F)c1C(=O)NCCc1ccc(Cl)cc1. The van der Waals surface area contributed by atoms with Crippen molar-refractivity contribution in [2.24, 2.45) is 0 Å². The number of benzene rings is 2. The molecule has 0 atom stereocenters. The van der Waals surface area contributed by atoms with Gasteiger partial charge in [0.25, 0.3) is 5.91 Å². The third-order valence-electron chi connectivity index (χ3n) is 3.42. The summed E-state index contributed by atoms with van der Waals surface area (Å²) in [6.07, 6.45) is -4.36. The van der Waals surface area contributed by atoms with Crippen LogP contribution in [0.2, 0.25) is 5.02 Å². The van der Waals surface area contributed by atoms with Crippen molar-refractivity contribution in [3.63, 3.8) is 0 Å². The van der Waals surface area contributed by atoms with Crippen LogP contribution >= 0.6 is 11.6 Å². The summed E-state index contributed by atoms with van der Waals surface area (Å²) in [5.41, 5.74) is -1.02. The predicted octanol–water partition coefficient (Wildman–Crippen LogP) is 4.26. The topological polar surface area (TPSA) is 55.4 Å². The van der Waals surface area contributed by atoms with Crippen LogP contribution in [-0.2, 0) is 17.4 Å². The number of rotatable bonds is 5. The maximum absolute atomic E-state index is 13.2. The number of ether oxygens (including phenoxy) is 1. The van der Waals surface area contributed by atoms with Crippen LogP contribution in [-0.4, -0.2) is 18.4 Å². The molecule has 1 amide bonds. The van der Waals surface area contributed by atoms with Gasteiger partial charge in [-0.1, -0.05) is 29.8 Å². The van der Waals surface area contributed by atoms with Crippen LogP contribution in [0.1, 0.15) is 28.4 Å². The number of hydrogen-bond acceptors (Lipinski definition) is 3. The fourth-order valence-electron chi connectivity index (χ4n) is 2.30. The highest BCUT2D eigenvalue weighted by atomic mass is 35.5. The Balaban J connectivity index is 2.20. The van der Waals surface area contributed by atoms with Crippen LogP contribution in [0, 0.1) is 0 Å². The minimum absolute atomic E-state index is 0.103. The molecule has 0 aromatic heterocycles. The van der Waals surface area contributed by atoms with Gasteiger partial charge in [0.1, 0.15) is 5.75 Å². The Labute approximate surface area is 152 Å². The largest absolute Gasteiger partial charge is 0.426 e. The van der Waals surface area contributed by atoms with E-state index in [1.165, 1.54) is 0 Å². The molecule has 0 saturated heterocycles. The molecule has 4 nitrogen and oxygen atoms in total. The second-order valence-electron chi connectivity index (χ2n) is 5.40. The maximum Gasteiger partial charge on any atom is 0.417 e. The molecule has 0 unspecified atom stereocenters. The van der Waals surface area contributed by atoms with Gasteiger partial charge in [-0.25, -0.2) is 0 Å². The normalized spacial score (nSPS) is 11.1. The van der Waals surface area contributed by atoms with Gasteiger partial charge in [-0.3, -0.25) is 9.59 Å². The van der Waals surface area contributed by atoms with Crippen molar-refractivity contribution in [2.45, 2.75) is 19.5 Å². The molecule has 0 saturated carbocycles. The Morgan fingerprint density at radius 3 is 2.35 bits per heavy atom. The molecule has 0 radical (unpaired) electrons. The molecule has 0 aliphatic heterocycles. The summed E-state index contributed by atoms with van der Waals surface area (Å²) in [6.45, 7) is 1.15. The van der Waals surface area contributed by atoms with E-state index >= 15 is 0 Å². The lowest BCUT2D eigenvalue weighted by molar-refractivity contribution is -0.139. The van der Waals surface area contributed by atoms with Crippen LogP contribution in [0.3, 0.4) is 0 Å². The van der Waals surface area contributed by atoms with E-state index in [1.54, 1.807) is 24.3 Å². The predicted molar refractivity (Wildman–Crippen MR) is 90.2 cm³/mol. The Kier molecular flexibility index (Phi) is 6.26. The number of halogens is 4. The van der Waals surface area contributed by atoms with E-state index in [0.29, 0.717) is 11.4 Å². The number of alkyl halides is 3. The molecule has 2 aromatic carbocycles. The highest BCUT2D eigenvalue weighted by Crippen LogP contribution is 2.36. The molecule has 0 aliphatic rings. The van der Waals surface area contributed by atoms with Gasteiger partial charge in [0, 0.05) is 18.5 Å². The van der Waals surface area contributed by atoms with E-state index in [9.17, 15) is 22.8 Å². The Hall–Kier alpha value is -2.54. The van der Waals surface area contributed by atoms with Gasteiger partial charge < -0.3 is 10.1 Å².